The van der Waals surface area contributed by atoms with Gasteiger partial charge in [0.25, 0.3) is 0 Å². The summed E-state index contributed by atoms with van der Waals surface area (Å²) in [7, 11) is 0. The number of rotatable bonds is 19. The molecule has 0 aliphatic rings. The molecule has 0 saturated heterocycles. The van der Waals surface area contributed by atoms with E-state index in [1.54, 1.807) is 0 Å². The maximum atomic E-state index is 12.0. The zero-order valence-electron chi connectivity index (χ0n) is 40.7. The summed E-state index contributed by atoms with van der Waals surface area (Å²) in [5, 5.41) is 19.0. The Balaban J connectivity index is 0.000000242. The van der Waals surface area contributed by atoms with Gasteiger partial charge in [0.15, 0.2) is 5.78 Å². The van der Waals surface area contributed by atoms with Gasteiger partial charge in [-0.25, -0.2) is 0 Å². The van der Waals surface area contributed by atoms with Gasteiger partial charge < -0.3 is 29.0 Å². The Kier molecular flexibility index (Phi) is 26.2. The molecule has 0 aliphatic heterocycles. The average molecular weight is 1020 g/mol. The van der Waals surface area contributed by atoms with Crippen LogP contribution in [-0.4, -0.2) is 78.5 Å². The summed E-state index contributed by atoms with van der Waals surface area (Å²) in [5.74, 6) is 2.98. The quantitative estimate of drug-likeness (QED) is 0.0486. The molecular formula is C60H64Cl3NO7. The topological polar surface area (TPSA) is 94.5 Å². The summed E-state index contributed by atoms with van der Waals surface area (Å²) in [4.78, 5) is 23.8. The molecule has 0 saturated carbocycles. The van der Waals surface area contributed by atoms with Crippen molar-refractivity contribution in [2.24, 2.45) is 5.92 Å². The molecule has 11 heteroatoms. The fourth-order valence-corrected chi connectivity index (χ4v) is 7.09. The number of aliphatic hydroxyl groups excluding tert-OH is 1. The van der Waals surface area contributed by atoms with Gasteiger partial charge in [0.1, 0.15) is 42.3 Å². The van der Waals surface area contributed by atoms with Gasteiger partial charge in [-0.3, -0.25) is 9.59 Å². The van der Waals surface area contributed by atoms with E-state index in [1.807, 2.05) is 133 Å². The van der Waals surface area contributed by atoms with Crippen molar-refractivity contribution in [2.45, 2.75) is 33.3 Å². The first-order valence-corrected chi connectivity index (χ1v) is 24.9. The number of alkyl halides is 2. The van der Waals surface area contributed by atoms with Crippen LogP contribution in [0.15, 0.2) is 195 Å². The van der Waals surface area contributed by atoms with E-state index in [-0.39, 0.29) is 30.3 Å². The number of allylic oxidation sites excluding steroid dienone is 2. The minimum Gasteiger partial charge on any atom is -0.493 e. The fourth-order valence-electron chi connectivity index (χ4n) is 7.09. The van der Waals surface area contributed by atoms with Crippen LogP contribution in [0.2, 0.25) is 0 Å². The van der Waals surface area contributed by atoms with Crippen molar-refractivity contribution in [3.63, 3.8) is 0 Å². The Morgan fingerprint density at radius 3 is 1.00 bits per heavy atom. The first kappa shape index (κ1) is 57.2. The van der Waals surface area contributed by atoms with E-state index in [2.05, 4.69) is 75.2 Å². The van der Waals surface area contributed by atoms with E-state index < -0.39 is 11.3 Å². The molecule has 0 atom stereocenters. The van der Waals surface area contributed by atoms with Crippen LogP contribution in [0.3, 0.4) is 0 Å². The lowest BCUT2D eigenvalue weighted by molar-refractivity contribution is -0.116. The number of nitrogens with zero attached hydrogens (tertiary/aromatic N) is 1. The highest BCUT2D eigenvalue weighted by Gasteiger charge is 2.15. The Morgan fingerprint density at radius 1 is 0.493 bits per heavy atom. The standard InChI is InChI=1S/C27H24O3.C23H20O3.C6H15N.C3H3ClO.CH2Cl2/c1-2-25(28)15-20(18-29-26-13-11-21-7-3-5-9-23(21)16-26)19-30-27-14-12-22-8-4-6-10-24(22)17-27;24-21(15-25-22-11-9-17-5-1-3-7-19(17)13-22)16-26-23-12-10-18-6-2-4-8-20(18)14-23;1-4-7(5-2)6-3;1-2-3(4)5;2-1-3/h2-14,16-17,20H,1,15,18-19H2;1-14,21,24H,15-16H2;4-6H2,1-3H3;2H,1H2;1H2. The molecule has 8 rings (SSSR count). The van der Waals surface area contributed by atoms with E-state index in [9.17, 15) is 14.7 Å². The molecule has 0 bridgehead atoms. The first-order valence-electron chi connectivity index (χ1n) is 23.5. The highest BCUT2D eigenvalue weighted by atomic mass is 35.5. The zero-order chi connectivity index (χ0) is 51.2. The molecule has 8 aromatic carbocycles. The smallest absolute Gasteiger partial charge is 0.244 e. The largest absolute Gasteiger partial charge is 0.493 e. The van der Waals surface area contributed by atoms with Crippen LogP contribution in [0.1, 0.15) is 27.2 Å². The average Bonchev–Trinajstić information content (AvgIpc) is 3.41. The van der Waals surface area contributed by atoms with Gasteiger partial charge in [0.05, 0.1) is 18.6 Å². The van der Waals surface area contributed by atoms with E-state index in [4.69, 9.17) is 53.8 Å². The number of halogens is 3. The Bertz CT molecular complexity index is 2700. The Morgan fingerprint density at radius 2 is 0.761 bits per heavy atom. The lowest BCUT2D eigenvalue weighted by Crippen LogP contribution is -2.25. The molecule has 8 nitrogen and oxygen atoms in total. The number of ketones is 1. The van der Waals surface area contributed by atoms with E-state index in [0.717, 1.165) is 50.6 Å². The maximum absolute atomic E-state index is 12.0. The van der Waals surface area contributed by atoms with Crippen molar-refractivity contribution < 1.29 is 33.6 Å². The van der Waals surface area contributed by atoms with Gasteiger partial charge in [-0.1, -0.05) is 155 Å². The van der Waals surface area contributed by atoms with Crippen LogP contribution in [0, 0.1) is 5.92 Å². The molecule has 0 heterocycles. The molecule has 0 aromatic heterocycles. The summed E-state index contributed by atoms with van der Waals surface area (Å²) in [5.41, 5.74) is 0. The van der Waals surface area contributed by atoms with Crippen LogP contribution in [0.25, 0.3) is 43.1 Å². The predicted molar refractivity (Wildman–Crippen MR) is 298 cm³/mol. The number of carbonyl (C=O) groups excluding carboxylic acids is 2. The highest BCUT2D eigenvalue weighted by molar-refractivity contribution is 6.66. The van der Waals surface area contributed by atoms with Gasteiger partial charge in [-0.15, -0.1) is 23.2 Å². The van der Waals surface area contributed by atoms with Crippen molar-refractivity contribution in [3.8, 4) is 23.0 Å². The predicted octanol–water partition coefficient (Wildman–Crippen LogP) is 14.7. The van der Waals surface area contributed by atoms with Crippen LogP contribution in [0.4, 0.5) is 0 Å². The van der Waals surface area contributed by atoms with Gasteiger partial charge >= 0.3 is 0 Å². The first-order chi connectivity index (χ1) is 34.5. The second kappa shape index (κ2) is 32.5. The highest BCUT2D eigenvalue weighted by Crippen LogP contribution is 2.25. The van der Waals surface area contributed by atoms with Crippen molar-refractivity contribution >= 4 is 88.9 Å². The lowest BCUT2D eigenvalue weighted by atomic mass is 10.0. The molecule has 0 unspecified atom stereocenters. The monoisotopic (exact) mass is 1020 g/mol. The van der Waals surface area contributed by atoms with Crippen molar-refractivity contribution in [3.05, 3.63) is 195 Å². The number of hydrogen-bond donors (Lipinski definition) is 1. The number of carbonyl (C=O) groups is 2. The number of fused-ring (bicyclic) bond motifs is 4. The normalized spacial score (nSPS) is 10.5. The number of ether oxygens (including phenoxy) is 4. The van der Waals surface area contributed by atoms with Crippen molar-refractivity contribution in [1.29, 1.82) is 0 Å². The third kappa shape index (κ3) is 20.9. The number of hydrogen-bond acceptors (Lipinski definition) is 8. The summed E-state index contributed by atoms with van der Waals surface area (Å²) in [6.45, 7) is 18.0. The minimum absolute atomic E-state index is 0.00998. The molecule has 0 aliphatic carbocycles. The molecule has 0 amide bonds. The minimum atomic E-state index is -0.701. The van der Waals surface area contributed by atoms with E-state index >= 15 is 0 Å². The van der Waals surface area contributed by atoms with Gasteiger partial charge in [0.2, 0.25) is 5.24 Å². The van der Waals surface area contributed by atoms with Crippen LogP contribution < -0.4 is 18.9 Å². The van der Waals surface area contributed by atoms with E-state index in [0.29, 0.717) is 19.6 Å². The van der Waals surface area contributed by atoms with Gasteiger partial charge in [0, 0.05) is 12.3 Å². The molecule has 372 valence electrons. The molecular weight excluding hydrogens is 953 g/mol. The van der Waals surface area contributed by atoms with Crippen LogP contribution >= 0.6 is 34.8 Å². The summed E-state index contributed by atoms with van der Waals surface area (Å²) >= 11 is 14.2. The number of benzene rings is 8. The molecule has 0 spiro atoms. The van der Waals surface area contributed by atoms with Crippen molar-refractivity contribution in [1.82, 2.24) is 4.90 Å². The summed E-state index contributed by atoms with van der Waals surface area (Å²) in [6, 6.07) is 56.4. The summed E-state index contributed by atoms with van der Waals surface area (Å²) < 4.78 is 23.4. The third-order valence-electron chi connectivity index (χ3n) is 11.0. The Labute approximate surface area is 434 Å². The molecule has 71 heavy (non-hydrogen) atoms. The SMILES string of the molecule is C=CC(=O)CC(COc1ccc2ccccc2c1)COc1ccc2ccccc2c1.C=CC(=O)Cl.CCN(CC)CC.ClCCl.OC(COc1ccc2ccccc2c1)COc1ccc2ccccc2c1. The van der Waals surface area contributed by atoms with Crippen LogP contribution in [0.5, 0.6) is 23.0 Å². The molecule has 0 radical (unpaired) electrons. The third-order valence-corrected chi connectivity index (χ3v) is 11.1. The number of aliphatic hydroxyl groups is 1. The van der Waals surface area contributed by atoms with Gasteiger partial charge in [-0.2, -0.15) is 0 Å². The molecule has 8 aromatic rings. The Hall–Kier alpha value is -6.39. The lowest BCUT2D eigenvalue weighted by Gasteiger charge is -2.18. The second-order valence-corrected chi connectivity index (χ2v) is 17.1. The zero-order valence-corrected chi connectivity index (χ0v) is 43.0. The van der Waals surface area contributed by atoms with Crippen LogP contribution in [-0.2, 0) is 9.59 Å². The molecule has 1 N–H and O–H groups in total. The van der Waals surface area contributed by atoms with Crippen molar-refractivity contribution in [2.75, 3.05) is 51.4 Å². The fraction of sp³-hybridized carbons (Fsp3) is 0.233. The second-order valence-electron chi connectivity index (χ2n) is 15.9. The summed E-state index contributed by atoms with van der Waals surface area (Å²) in [6.07, 6.45) is 2.04. The van der Waals surface area contributed by atoms with Gasteiger partial charge in [-0.05, 0) is 135 Å². The maximum Gasteiger partial charge on any atom is 0.244 e. The molecule has 0 fully saturated rings. The van der Waals surface area contributed by atoms with E-state index in [1.165, 1.54) is 47.3 Å².